The van der Waals surface area contributed by atoms with Crippen molar-refractivity contribution >= 4 is 29.3 Å². The fraction of sp³-hybridized carbons (Fsp3) is 0.308. The highest BCUT2D eigenvalue weighted by Crippen LogP contribution is 2.44. The molecule has 3 aromatic rings. The number of nitrogens with zero attached hydrogens (tertiary/aromatic N) is 1. The molecule has 0 radical (unpaired) electrons. The van der Waals surface area contributed by atoms with E-state index in [1.807, 2.05) is 36.4 Å². The van der Waals surface area contributed by atoms with E-state index in [0.29, 0.717) is 0 Å². The minimum absolute atomic E-state index is 0.102. The molecular weight excluding hydrogens is 466 g/mol. The van der Waals surface area contributed by atoms with Crippen molar-refractivity contribution in [2.24, 2.45) is 5.92 Å². The van der Waals surface area contributed by atoms with Gasteiger partial charge in [0.2, 0.25) is 5.91 Å². The van der Waals surface area contributed by atoms with Crippen LogP contribution in [0.1, 0.15) is 35.8 Å². The number of hydrogen-bond acceptors (Lipinski definition) is 6. The molecule has 2 aromatic carbocycles. The van der Waals surface area contributed by atoms with Gasteiger partial charge >= 0.3 is 12.1 Å². The molecule has 182 valence electrons. The molecule has 0 spiro atoms. The van der Waals surface area contributed by atoms with Crippen molar-refractivity contribution in [2.75, 3.05) is 6.61 Å². The summed E-state index contributed by atoms with van der Waals surface area (Å²) in [5.74, 6) is -2.12. The Kier molecular flexibility index (Phi) is 7.45. The Morgan fingerprint density at radius 2 is 1.66 bits per heavy atom. The van der Waals surface area contributed by atoms with Gasteiger partial charge in [-0.15, -0.1) is 11.3 Å². The molecule has 1 aliphatic rings. The van der Waals surface area contributed by atoms with Crippen molar-refractivity contribution in [3.8, 4) is 11.1 Å². The Bertz CT molecular complexity index is 1170. The molecule has 8 nitrogen and oxygen atoms in total. The zero-order valence-electron chi connectivity index (χ0n) is 19.4. The average molecular weight is 494 g/mol. The number of fused-ring (bicyclic) bond motifs is 3. The quantitative estimate of drug-likeness (QED) is 0.417. The summed E-state index contributed by atoms with van der Waals surface area (Å²) in [6, 6.07) is 14.0. The first-order valence-corrected chi connectivity index (χ1v) is 12.2. The first-order chi connectivity index (χ1) is 16.8. The normalized spacial score (nSPS) is 14.0. The molecule has 1 unspecified atom stereocenters. The summed E-state index contributed by atoms with van der Waals surface area (Å²) >= 11 is 1.31. The lowest BCUT2D eigenvalue weighted by Crippen LogP contribution is -2.54. The molecule has 9 heteroatoms. The van der Waals surface area contributed by atoms with Crippen LogP contribution in [0.2, 0.25) is 0 Å². The van der Waals surface area contributed by atoms with Crippen LogP contribution in [-0.2, 0) is 20.7 Å². The fourth-order valence-electron chi connectivity index (χ4n) is 4.31. The Labute approximate surface area is 207 Å². The average Bonchev–Trinajstić information content (AvgIpc) is 3.46. The van der Waals surface area contributed by atoms with Crippen molar-refractivity contribution in [1.29, 1.82) is 0 Å². The van der Waals surface area contributed by atoms with E-state index in [9.17, 15) is 19.5 Å². The number of carbonyl (C=O) groups is 3. The van der Waals surface area contributed by atoms with E-state index in [4.69, 9.17) is 4.74 Å². The Balaban J connectivity index is 1.39. The van der Waals surface area contributed by atoms with Gasteiger partial charge in [-0.2, -0.15) is 0 Å². The van der Waals surface area contributed by atoms with E-state index in [2.05, 4.69) is 27.8 Å². The fourth-order valence-corrected chi connectivity index (χ4v) is 4.95. The first-order valence-electron chi connectivity index (χ1n) is 11.4. The number of aromatic nitrogens is 1. The molecule has 0 fully saturated rings. The van der Waals surface area contributed by atoms with Gasteiger partial charge in [0.05, 0.1) is 5.51 Å². The second-order valence-corrected chi connectivity index (χ2v) is 9.73. The maximum absolute atomic E-state index is 12.9. The van der Waals surface area contributed by atoms with E-state index in [1.165, 1.54) is 11.3 Å². The SMILES string of the molecule is CC(C)[C@@H](NC(=O)OCC1c2ccccc2-c2ccccc21)C(=O)NC(Cc1cncs1)C(=O)O. The summed E-state index contributed by atoms with van der Waals surface area (Å²) < 4.78 is 5.56. The molecule has 35 heavy (non-hydrogen) atoms. The highest BCUT2D eigenvalue weighted by Gasteiger charge is 2.32. The molecular formula is C26H27N3O5S. The molecule has 1 aromatic heterocycles. The number of ether oxygens (including phenoxy) is 1. The number of carboxylic acid groups (broad SMARTS) is 1. The number of carboxylic acids is 1. The molecule has 2 atom stereocenters. The summed E-state index contributed by atoms with van der Waals surface area (Å²) in [5.41, 5.74) is 6.03. The number of alkyl carbamates (subject to hydrolysis) is 1. The Morgan fingerprint density at radius 1 is 1.03 bits per heavy atom. The summed E-state index contributed by atoms with van der Waals surface area (Å²) in [6.45, 7) is 3.66. The van der Waals surface area contributed by atoms with Crippen LogP contribution >= 0.6 is 11.3 Å². The number of rotatable bonds is 9. The molecule has 0 aliphatic heterocycles. The summed E-state index contributed by atoms with van der Waals surface area (Å²) in [5, 5.41) is 14.7. The number of thiazole rings is 1. The molecule has 2 amide bonds. The lowest BCUT2D eigenvalue weighted by molar-refractivity contribution is -0.142. The predicted octanol–water partition coefficient (Wildman–Crippen LogP) is 3.82. The zero-order valence-corrected chi connectivity index (χ0v) is 20.2. The van der Waals surface area contributed by atoms with Crippen LogP contribution in [0.25, 0.3) is 11.1 Å². The summed E-state index contributed by atoms with van der Waals surface area (Å²) in [7, 11) is 0. The van der Waals surface area contributed by atoms with Crippen molar-refractivity contribution in [3.63, 3.8) is 0 Å². The lowest BCUT2D eigenvalue weighted by atomic mass is 9.98. The van der Waals surface area contributed by atoms with Crippen molar-refractivity contribution in [3.05, 3.63) is 76.2 Å². The third-order valence-electron chi connectivity index (χ3n) is 6.07. The highest BCUT2D eigenvalue weighted by atomic mass is 32.1. The standard InChI is InChI=1S/C26H27N3O5S/c1-15(2)23(24(30)28-22(25(31)32)11-16-12-27-14-35-16)29-26(33)34-13-21-19-9-5-3-7-17(19)18-8-4-6-10-20(18)21/h3-10,12,14-15,21-23H,11,13H2,1-2H3,(H,28,30)(H,29,33)(H,31,32)/t22?,23-/m1/s1. The van der Waals surface area contributed by atoms with Gasteiger partial charge in [0.25, 0.3) is 0 Å². The van der Waals surface area contributed by atoms with Gasteiger partial charge in [-0.3, -0.25) is 9.78 Å². The molecule has 0 bridgehead atoms. The second kappa shape index (κ2) is 10.7. The molecule has 1 heterocycles. The van der Waals surface area contributed by atoms with E-state index >= 15 is 0 Å². The van der Waals surface area contributed by atoms with Crippen molar-refractivity contribution < 1.29 is 24.2 Å². The summed E-state index contributed by atoms with van der Waals surface area (Å²) in [4.78, 5) is 41.9. The van der Waals surface area contributed by atoms with Gasteiger partial charge in [0, 0.05) is 23.4 Å². The third-order valence-corrected chi connectivity index (χ3v) is 6.87. The van der Waals surface area contributed by atoms with Crippen LogP contribution in [0, 0.1) is 5.92 Å². The maximum Gasteiger partial charge on any atom is 0.407 e. The first kappa shape index (κ1) is 24.4. The van der Waals surface area contributed by atoms with Gasteiger partial charge in [0.15, 0.2) is 0 Å². The molecule has 1 aliphatic carbocycles. The summed E-state index contributed by atoms with van der Waals surface area (Å²) in [6.07, 6.45) is 0.957. The van der Waals surface area contributed by atoms with E-state index in [1.54, 1.807) is 25.6 Å². The molecule has 3 N–H and O–H groups in total. The minimum atomic E-state index is -1.16. The Hall–Kier alpha value is -3.72. The van der Waals surface area contributed by atoms with Crippen LogP contribution in [-0.4, -0.2) is 46.8 Å². The third kappa shape index (κ3) is 5.51. The van der Waals surface area contributed by atoms with Crippen LogP contribution in [0.5, 0.6) is 0 Å². The van der Waals surface area contributed by atoms with Crippen LogP contribution in [0.3, 0.4) is 0 Å². The van der Waals surface area contributed by atoms with Crippen LogP contribution in [0.4, 0.5) is 4.79 Å². The number of amides is 2. The maximum atomic E-state index is 12.9. The number of aliphatic carboxylic acids is 1. The van der Waals surface area contributed by atoms with Gasteiger partial charge < -0.3 is 20.5 Å². The van der Waals surface area contributed by atoms with Crippen molar-refractivity contribution in [2.45, 2.75) is 38.3 Å². The largest absolute Gasteiger partial charge is 0.480 e. The van der Waals surface area contributed by atoms with Gasteiger partial charge in [-0.05, 0) is 28.2 Å². The number of carbonyl (C=O) groups excluding carboxylic acids is 2. The van der Waals surface area contributed by atoms with Crippen LogP contribution in [0.15, 0.2) is 60.2 Å². The molecule has 4 rings (SSSR count). The van der Waals surface area contributed by atoms with Crippen LogP contribution < -0.4 is 10.6 Å². The van der Waals surface area contributed by atoms with Gasteiger partial charge in [-0.1, -0.05) is 62.4 Å². The number of nitrogens with one attached hydrogen (secondary N) is 2. The molecule has 0 saturated heterocycles. The monoisotopic (exact) mass is 493 g/mol. The molecule has 0 saturated carbocycles. The highest BCUT2D eigenvalue weighted by molar-refractivity contribution is 7.09. The minimum Gasteiger partial charge on any atom is -0.480 e. The number of benzene rings is 2. The lowest BCUT2D eigenvalue weighted by Gasteiger charge is -2.24. The van der Waals surface area contributed by atoms with E-state index < -0.39 is 30.1 Å². The Morgan fingerprint density at radius 3 is 2.20 bits per heavy atom. The number of hydrogen-bond donors (Lipinski definition) is 3. The smallest absolute Gasteiger partial charge is 0.407 e. The van der Waals surface area contributed by atoms with Crippen molar-refractivity contribution in [1.82, 2.24) is 15.6 Å². The van der Waals surface area contributed by atoms with E-state index in [-0.39, 0.29) is 24.9 Å². The second-order valence-electron chi connectivity index (χ2n) is 8.76. The predicted molar refractivity (Wildman–Crippen MR) is 132 cm³/mol. The topological polar surface area (TPSA) is 118 Å². The van der Waals surface area contributed by atoms with E-state index in [0.717, 1.165) is 27.1 Å². The van der Waals surface area contributed by atoms with Gasteiger partial charge in [0.1, 0.15) is 18.7 Å². The van der Waals surface area contributed by atoms with Gasteiger partial charge in [-0.25, -0.2) is 9.59 Å². The zero-order chi connectivity index (χ0) is 24.9.